The van der Waals surface area contributed by atoms with E-state index < -0.39 is 0 Å². The second-order valence-corrected chi connectivity index (χ2v) is 4.40. The first kappa shape index (κ1) is 15.0. The molecule has 6 nitrogen and oxygen atoms in total. The monoisotopic (exact) mass is 287 g/mol. The first-order valence-electron chi connectivity index (χ1n) is 7.21. The molecule has 1 aromatic carbocycles. The van der Waals surface area contributed by atoms with Crippen molar-refractivity contribution in [2.45, 2.75) is 20.8 Å². The Morgan fingerprint density at radius 1 is 1.10 bits per heavy atom. The van der Waals surface area contributed by atoms with Crippen molar-refractivity contribution in [2.75, 3.05) is 29.9 Å². The summed E-state index contributed by atoms with van der Waals surface area (Å²) in [7, 11) is 0. The van der Waals surface area contributed by atoms with E-state index >= 15 is 0 Å². The van der Waals surface area contributed by atoms with Crippen molar-refractivity contribution in [3.05, 3.63) is 30.5 Å². The smallest absolute Gasteiger partial charge is 0.247 e. The molecule has 6 heteroatoms. The number of hydrogen-bond acceptors (Lipinski definition) is 6. The van der Waals surface area contributed by atoms with E-state index in [1.54, 1.807) is 6.20 Å². The number of anilines is 3. The molecule has 0 aliphatic rings. The zero-order chi connectivity index (χ0) is 15.1. The molecule has 0 saturated heterocycles. The molecule has 0 saturated carbocycles. The van der Waals surface area contributed by atoms with Crippen molar-refractivity contribution in [2.24, 2.45) is 0 Å². The molecule has 2 rings (SSSR count). The summed E-state index contributed by atoms with van der Waals surface area (Å²) in [5.74, 6) is 2.17. The lowest BCUT2D eigenvalue weighted by molar-refractivity contribution is 0.340. The Kier molecular flexibility index (Phi) is 5.31. The van der Waals surface area contributed by atoms with Crippen LogP contribution in [0.3, 0.4) is 0 Å². The SMILES string of the molecule is CCOc1ccc(Nc2cnnc(N(CC)CC)n2)cc1. The molecule has 0 unspecified atom stereocenters. The molecule has 1 aromatic heterocycles. The predicted octanol–water partition coefficient (Wildman–Crippen LogP) is 2.86. The molecule has 0 bridgehead atoms. The van der Waals surface area contributed by atoms with Gasteiger partial charge in [-0.2, -0.15) is 10.1 Å². The fourth-order valence-electron chi connectivity index (χ4n) is 1.94. The highest BCUT2D eigenvalue weighted by atomic mass is 16.5. The van der Waals surface area contributed by atoms with Crippen molar-refractivity contribution in [1.29, 1.82) is 0 Å². The highest BCUT2D eigenvalue weighted by Crippen LogP contribution is 2.19. The quantitative estimate of drug-likeness (QED) is 0.845. The van der Waals surface area contributed by atoms with Crippen molar-refractivity contribution < 1.29 is 4.74 Å². The molecule has 1 heterocycles. The third kappa shape index (κ3) is 4.05. The van der Waals surface area contributed by atoms with Crippen LogP contribution >= 0.6 is 0 Å². The van der Waals surface area contributed by atoms with E-state index in [1.165, 1.54) is 0 Å². The number of nitrogens with zero attached hydrogens (tertiary/aromatic N) is 4. The Bertz CT molecular complexity index is 554. The molecular weight excluding hydrogens is 266 g/mol. The summed E-state index contributed by atoms with van der Waals surface area (Å²) in [6, 6.07) is 7.74. The summed E-state index contributed by atoms with van der Waals surface area (Å²) in [6.45, 7) is 8.47. The van der Waals surface area contributed by atoms with Gasteiger partial charge in [0.05, 0.1) is 12.8 Å². The van der Waals surface area contributed by atoms with Crippen LogP contribution in [0.2, 0.25) is 0 Å². The van der Waals surface area contributed by atoms with Crippen molar-refractivity contribution in [1.82, 2.24) is 15.2 Å². The van der Waals surface area contributed by atoms with Crippen LogP contribution in [0.25, 0.3) is 0 Å². The maximum atomic E-state index is 5.42. The Morgan fingerprint density at radius 2 is 1.81 bits per heavy atom. The first-order chi connectivity index (χ1) is 10.3. The third-order valence-electron chi connectivity index (χ3n) is 3.03. The van der Waals surface area contributed by atoms with E-state index in [9.17, 15) is 0 Å². The maximum absolute atomic E-state index is 5.42. The second kappa shape index (κ2) is 7.42. The van der Waals surface area contributed by atoms with E-state index in [0.29, 0.717) is 18.4 Å². The lowest BCUT2D eigenvalue weighted by atomic mass is 10.3. The van der Waals surface area contributed by atoms with Gasteiger partial charge in [-0.05, 0) is 45.0 Å². The van der Waals surface area contributed by atoms with Crippen LogP contribution in [0.1, 0.15) is 20.8 Å². The van der Waals surface area contributed by atoms with Crippen LogP contribution in [0.15, 0.2) is 30.5 Å². The van der Waals surface area contributed by atoms with Crippen molar-refractivity contribution >= 4 is 17.5 Å². The summed E-state index contributed by atoms with van der Waals surface area (Å²) < 4.78 is 5.42. The van der Waals surface area contributed by atoms with Gasteiger partial charge in [0, 0.05) is 18.8 Å². The maximum Gasteiger partial charge on any atom is 0.247 e. The van der Waals surface area contributed by atoms with E-state index in [1.807, 2.05) is 31.2 Å². The number of rotatable bonds is 7. The zero-order valence-electron chi connectivity index (χ0n) is 12.7. The van der Waals surface area contributed by atoms with Gasteiger partial charge in [0.15, 0.2) is 5.82 Å². The van der Waals surface area contributed by atoms with E-state index in [-0.39, 0.29) is 0 Å². The van der Waals surface area contributed by atoms with E-state index in [0.717, 1.165) is 24.5 Å². The fourth-order valence-corrected chi connectivity index (χ4v) is 1.94. The first-order valence-corrected chi connectivity index (χ1v) is 7.21. The number of aromatic nitrogens is 3. The summed E-state index contributed by atoms with van der Waals surface area (Å²) in [5, 5.41) is 11.3. The van der Waals surface area contributed by atoms with Crippen LogP contribution in [0, 0.1) is 0 Å². The Labute approximate surface area is 125 Å². The Morgan fingerprint density at radius 3 is 2.43 bits per heavy atom. The van der Waals surface area contributed by atoms with Gasteiger partial charge in [-0.25, -0.2) is 0 Å². The summed E-state index contributed by atoms with van der Waals surface area (Å²) in [6.07, 6.45) is 1.61. The Balaban J connectivity index is 2.10. The van der Waals surface area contributed by atoms with Gasteiger partial charge >= 0.3 is 0 Å². The fraction of sp³-hybridized carbons (Fsp3) is 0.400. The average molecular weight is 287 g/mol. The molecule has 21 heavy (non-hydrogen) atoms. The highest BCUT2D eigenvalue weighted by Gasteiger charge is 2.07. The minimum atomic E-state index is 0.635. The summed E-state index contributed by atoms with van der Waals surface area (Å²) >= 11 is 0. The molecule has 0 atom stereocenters. The number of hydrogen-bond donors (Lipinski definition) is 1. The normalized spacial score (nSPS) is 10.2. The average Bonchev–Trinajstić information content (AvgIpc) is 2.51. The highest BCUT2D eigenvalue weighted by molar-refractivity contribution is 5.57. The second-order valence-electron chi connectivity index (χ2n) is 4.40. The molecular formula is C15H21N5O. The van der Waals surface area contributed by atoms with Crippen LogP contribution in [0.5, 0.6) is 5.75 Å². The Hall–Kier alpha value is -2.37. The van der Waals surface area contributed by atoms with Gasteiger partial charge in [0.2, 0.25) is 5.95 Å². The summed E-state index contributed by atoms with van der Waals surface area (Å²) in [5.41, 5.74) is 0.935. The molecule has 112 valence electrons. The molecule has 0 radical (unpaired) electrons. The van der Waals surface area contributed by atoms with Gasteiger partial charge in [-0.15, -0.1) is 5.10 Å². The van der Waals surface area contributed by atoms with Crippen molar-refractivity contribution in [3.63, 3.8) is 0 Å². The van der Waals surface area contributed by atoms with Gasteiger partial charge < -0.3 is 15.0 Å². The summed E-state index contributed by atoms with van der Waals surface area (Å²) in [4.78, 5) is 6.53. The minimum absolute atomic E-state index is 0.635. The van der Waals surface area contributed by atoms with Crippen LogP contribution < -0.4 is 15.0 Å². The van der Waals surface area contributed by atoms with Gasteiger partial charge in [0.25, 0.3) is 0 Å². The number of nitrogens with one attached hydrogen (secondary N) is 1. The molecule has 1 N–H and O–H groups in total. The molecule has 0 fully saturated rings. The van der Waals surface area contributed by atoms with Crippen LogP contribution in [-0.4, -0.2) is 34.9 Å². The lowest BCUT2D eigenvalue weighted by Gasteiger charge is -2.18. The van der Waals surface area contributed by atoms with E-state index in [2.05, 4.69) is 39.2 Å². The standard InChI is InChI=1S/C15H21N5O/c1-4-20(5-2)15-18-14(11-16-19-15)17-12-7-9-13(10-8-12)21-6-3/h7-11H,4-6H2,1-3H3,(H,17,18,19). The van der Waals surface area contributed by atoms with Gasteiger partial charge in [-0.1, -0.05) is 0 Å². The topological polar surface area (TPSA) is 63.2 Å². The molecule has 0 aliphatic carbocycles. The molecule has 0 spiro atoms. The minimum Gasteiger partial charge on any atom is -0.494 e. The number of ether oxygens (including phenoxy) is 1. The van der Waals surface area contributed by atoms with Crippen LogP contribution in [-0.2, 0) is 0 Å². The van der Waals surface area contributed by atoms with Gasteiger partial charge in [0.1, 0.15) is 5.75 Å². The predicted molar refractivity (Wildman–Crippen MR) is 84.3 cm³/mol. The largest absolute Gasteiger partial charge is 0.494 e. The zero-order valence-corrected chi connectivity index (χ0v) is 12.7. The molecule has 0 amide bonds. The third-order valence-corrected chi connectivity index (χ3v) is 3.03. The molecule has 0 aliphatic heterocycles. The van der Waals surface area contributed by atoms with Gasteiger partial charge in [-0.3, -0.25) is 0 Å². The molecule has 2 aromatic rings. The van der Waals surface area contributed by atoms with Crippen LogP contribution in [0.4, 0.5) is 17.5 Å². The van der Waals surface area contributed by atoms with Crippen molar-refractivity contribution in [3.8, 4) is 5.75 Å². The number of benzene rings is 1. The van der Waals surface area contributed by atoms with E-state index in [4.69, 9.17) is 4.74 Å². The lowest BCUT2D eigenvalue weighted by Crippen LogP contribution is -2.24.